The summed E-state index contributed by atoms with van der Waals surface area (Å²) in [6, 6.07) is 12.8. The number of nitrogens with one attached hydrogen (secondary N) is 1. The Bertz CT molecular complexity index is 1070. The zero-order valence-corrected chi connectivity index (χ0v) is 18.4. The van der Waals surface area contributed by atoms with Gasteiger partial charge in [-0.25, -0.2) is 4.98 Å². The number of hydrogen-bond donors (Lipinski definition) is 1. The van der Waals surface area contributed by atoms with Gasteiger partial charge in [0, 0.05) is 22.6 Å². The van der Waals surface area contributed by atoms with Crippen molar-refractivity contribution in [1.82, 2.24) is 14.9 Å². The van der Waals surface area contributed by atoms with Gasteiger partial charge in [0.2, 0.25) is 5.91 Å². The topological polar surface area (TPSA) is 64.0 Å². The van der Waals surface area contributed by atoms with Crippen molar-refractivity contribution in [3.63, 3.8) is 0 Å². The molecule has 0 atom stereocenters. The van der Waals surface area contributed by atoms with Crippen LogP contribution in [-0.4, -0.2) is 21.2 Å². The van der Waals surface area contributed by atoms with Gasteiger partial charge in [-0.15, -0.1) is 0 Å². The second-order valence-corrected chi connectivity index (χ2v) is 8.43. The van der Waals surface area contributed by atoms with Crippen LogP contribution >= 0.6 is 39.3 Å². The third-order valence-electron chi connectivity index (χ3n) is 4.09. The highest BCUT2D eigenvalue weighted by Crippen LogP contribution is 2.21. The number of amides is 1. The summed E-state index contributed by atoms with van der Waals surface area (Å²) in [4.78, 5) is 29.7. The number of hydrogen-bond acceptors (Lipinski definition) is 4. The molecule has 0 radical (unpaired) electrons. The molecule has 0 saturated heterocycles. The average Bonchev–Trinajstić information content (AvgIpc) is 2.69. The van der Waals surface area contributed by atoms with E-state index in [4.69, 9.17) is 11.6 Å². The summed E-state index contributed by atoms with van der Waals surface area (Å²) in [6.45, 7) is 2.92. The molecule has 3 rings (SSSR count). The molecule has 8 heteroatoms. The molecular formula is C20H19BrClN3O2S. The van der Waals surface area contributed by atoms with E-state index < -0.39 is 0 Å². The molecule has 0 unspecified atom stereocenters. The van der Waals surface area contributed by atoms with Crippen molar-refractivity contribution in [3.8, 4) is 0 Å². The van der Waals surface area contributed by atoms with Gasteiger partial charge in [0.05, 0.1) is 16.7 Å². The van der Waals surface area contributed by atoms with Crippen LogP contribution in [-0.2, 0) is 17.9 Å². The Morgan fingerprint density at radius 1 is 1.29 bits per heavy atom. The summed E-state index contributed by atoms with van der Waals surface area (Å²) in [5, 5.41) is 4.59. The van der Waals surface area contributed by atoms with E-state index in [0.29, 0.717) is 34.2 Å². The second kappa shape index (κ2) is 9.58. The summed E-state index contributed by atoms with van der Waals surface area (Å²) in [7, 11) is 0. The third kappa shape index (κ3) is 4.96. The van der Waals surface area contributed by atoms with Crippen molar-refractivity contribution in [2.45, 2.75) is 31.6 Å². The van der Waals surface area contributed by atoms with Crippen molar-refractivity contribution in [2.75, 3.05) is 5.75 Å². The van der Waals surface area contributed by atoms with Crippen LogP contribution in [0.1, 0.15) is 18.9 Å². The van der Waals surface area contributed by atoms with Gasteiger partial charge in [0.15, 0.2) is 5.16 Å². The first kappa shape index (κ1) is 20.9. The van der Waals surface area contributed by atoms with Crippen LogP contribution in [0.3, 0.4) is 0 Å². The van der Waals surface area contributed by atoms with Crippen molar-refractivity contribution < 1.29 is 4.79 Å². The normalized spacial score (nSPS) is 11.0. The quantitative estimate of drug-likeness (QED) is 0.395. The number of thioether (sulfide) groups is 1. The van der Waals surface area contributed by atoms with E-state index in [1.165, 1.54) is 11.8 Å². The fraction of sp³-hybridized carbons (Fsp3) is 0.250. The van der Waals surface area contributed by atoms with Crippen LogP contribution in [0.5, 0.6) is 0 Å². The van der Waals surface area contributed by atoms with Gasteiger partial charge in [-0.05, 0) is 36.2 Å². The van der Waals surface area contributed by atoms with Gasteiger partial charge in [0.1, 0.15) is 0 Å². The monoisotopic (exact) mass is 479 g/mol. The number of halogens is 2. The number of carbonyl (C=O) groups excluding carboxylic acids is 1. The van der Waals surface area contributed by atoms with E-state index in [9.17, 15) is 9.59 Å². The standard InChI is InChI=1S/C20H19BrClN3O2S/c1-2-9-25-19(27)15-10-14(21)7-8-17(15)24-20(25)28-12-18(26)23-11-13-5-3-4-6-16(13)22/h3-8,10H,2,9,11-12H2,1H3,(H,23,26). The average molecular weight is 481 g/mol. The summed E-state index contributed by atoms with van der Waals surface area (Å²) < 4.78 is 2.47. The highest BCUT2D eigenvalue weighted by atomic mass is 79.9. The van der Waals surface area contributed by atoms with Crippen LogP contribution in [0.25, 0.3) is 10.9 Å². The smallest absolute Gasteiger partial charge is 0.262 e. The maximum Gasteiger partial charge on any atom is 0.262 e. The predicted octanol–water partition coefficient (Wildman–Crippen LogP) is 4.63. The van der Waals surface area contributed by atoms with E-state index in [1.54, 1.807) is 22.8 Å². The lowest BCUT2D eigenvalue weighted by molar-refractivity contribution is -0.118. The maximum absolute atomic E-state index is 12.9. The summed E-state index contributed by atoms with van der Waals surface area (Å²) >= 11 is 10.8. The van der Waals surface area contributed by atoms with E-state index >= 15 is 0 Å². The van der Waals surface area contributed by atoms with E-state index in [-0.39, 0.29) is 17.2 Å². The Balaban J connectivity index is 1.75. The third-order valence-corrected chi connectivity index (χ3v) is 5.93. The highest BCUT2D eigenvalue weighted by molar-refractivity contribution is 9.10. The van der Waals surface area contributed by atoms with Crippen molar-refractivity contribution in [1.29, 1.82) is 0 Å². The number of benzene rings is 2. The lowest BCUT2D eigenvalue weighted by Crippen LogP contribution is -2.27. The zero-order chi connectivity index (χ0) is 20.1. The summed E-state index contributed by atoms with van der Waals surface area (Å²) in [5.41, 5.74) is 1.39. The number of fused-ring (bicyclic) bond motifs is 1. The van der Waals surface area contributed by atoms with Crippen molar-refractivity contribution >= 4 is 56.1 Å². The Labute approximate surface area is 180 Å². The molecule has 1 amide bonds. The number of aromatic nitrogens is 2. The molecule has 0 aliphatic heterocycles. The van der Waals surface area contributed by atoms with Gasteiger partial charge in [-0.3, -0.25) is 14.2 Å². The molecule has 1 N–H and O–H groups in total. The fourth-order valence-electron chi connectivity index (χ4n) is 2.72. The summed E-state index contributed by atoms with van der Waals surface area (Å²) in [5.74, 6) is 0.0287. The minimum absolute atomic E-state index is 0.0906. The summed E-state index contributed by atoms with van der Waals surface area (Å²) in [6.07, 6.45) is 0.799. The molecule has 0 bridgehead atoms. The number of nitrogens with zero attached hydrogens (tertiary/aromatic N) is 2. The molecule has 1 aromatic heterocycles. The van der Waals surface area contributed by atoms with Crippen LogP contribution in [0.2, 0.25) is 5.02 Å². The maximum atomic E-state index is 12.9. The van der Waals surface area contributed by atoms with Gasteiger partial charge < -0.3 is 5.32 Å². The molecule has 0 aliphatic rings. The van der Waals surface area contributed by atoms with Crippen LogP contribution < -0.4 is 10.9 Å². The molecule has 28 heavy (non-hydrogen) atoms. The van der Waals surface area contributed by atoms with Gasteiger partial charge in [-0.2, -0.15) is 0 Å². The van der Waals surface area contributed by atoms with Crippen molar-refractivity contribution in [2.24, 2.45) is 0 Å². The molecule has 0 spiro atoms. The largest absolute Gasteiger partial charge is 0.351 e. The SMILES string of the molecule is CCCn1c(SCC(=O)NCc2ccccc2Cl)nc2ccc(Br)cc2c1=O. The number of carbonyl (C=O) groups is 1. The molecule has 3 aromatic rings. The number of rotatable bonds is 7. The van der Waals surface area contributed by atoms with E-state index in [2.05, 4.69) is 26.2 Å². The second-order valence-electron chi connectivity index (χ2n) is 6.17. The van der Waals surface area contributed by atoms with Crippen LogP contribution in [0.4, 0.5) is 0 Å². The molecule has 0 aliphatic carbocycles. The van der Waals surface area contributed by atoms with Crippen molar-refractivity contribution in [3.05, 3.63) is 67.9 Å². The fourth-order valence-corrected chi connectivity index (χ4v) is 4.14. The first-order chi connectivity index (χ1) is 13.5. The molecule has 5 nitrogen and oxygen atoms in total. The Kier molecular flexibility index (Phi) is 7.15. The Hall–Kier alpha value is -1.83. The Morgan fingerprint density at radius 3 is 2.82 bits per heavy atom. The zero-order valence-electron chi connectivity index (χ0n) is 15.2. The molecule has 0 saturated carbocycles. The first-order valence-electron chi connectivity index (χ1n) is 8.82. The molecule has 146 valence electrons. The van der Waals surface area contributed by atoms with E-state index in [1.807, 2.05) is 31.2 Å². The lowest BCUT2D eigenvalue weighted by Gasteiger charge is -2.12. The minimum Gasteiger partial charge on any atom is -0.351 e. The van der Waals surface area contributed by atoms with Crippen LogP contribution in [0, 0.1) is 0 Å². The first-order valence-corrected chi connectivity index (χ1v) is 11.0. The molecule has 1 heterocycles. The van der Waals surface area contributed by atoms with Gasteiger partial charge >= 0.3 is 0 Å². The molecule has 2 aromatic carbocycles. The van der Waals surface area contributed by atoms with Gasteiger partial charge in [-0.1, -0.05) is 64.4 Å². The Morgan fingerprint density at radius 2 is 2.07 bits per heavy atom. The van der Waals surface area contributed by atoms with Crippen LogP contribution in [0.15, 0.2) is 56.9 Å². The minimum atomic E-state index is -0.141. The van der Waals surface area contributed by atoms with Gasteiger partial charge in [0.25, 0.3) is 5.56 Å². The lowest BCUT2D eigenvalue weighted by atomic mass is 10.2. The molecule has 0 fully saturated rings. The predicted molar refractivity (Wildman–Crippen MR) is 118 cm³/mol. The highest BCUT2D eigenvalue weighted by Gasteiger charge is 2.13. The van der Waals surface area contributed by atoms with E-state index in [0.717, 1.165) is 16.5 Å². The molecular weight excluding hydrogens is 462 g/mol.